The van der Waals surface area contributed by atoms with E-state index in [9.17, 15) is 0 Å². The summed E-state index contributed by atoms with van der Waals surface area (Å²) < 4.78 is 1.87. The quantitative estimate of drug-likeness (QED) is 0.786. The zero-order valence-corrected chi connectivity index (χ0v) is 11.7. The molecule has 0 amide bonds. The van der Waals surface area contributed by atoms with E-state index in [-0.39, 0.29) is 0 Å². The Kier molecular flexibility index (Phi) is 2.47. The van der Waals surface area contributed by atoms with Crippen LogP contribution in [0.2, 0.25) is 5.15 Å². The van der Waals surface area contributed by atoms with Gasteiger partial charge >= 0.3 is 0 Å². The van der Waals surface area contributed by atoms with Crippen LogP contribution in [0, 0.1) is 0 Å². The molecule has 0 radical (unpaired) electrons. The zero-order chi connectivity index (χ0) is 13.7. The van der Waals surface area contributed by atoms with E-state index in [1.807, 2.05) is 16.8 Å². The lowest BCUT2D eigenvalue weighted by Gasteiger charge is -2.39. The van der Waals surface area contributed by atoms with Gasteiger partial charge in [-0.25, -0.2) is 9.97 Å². The Morgan fingerprint density at radius 1 is 1.40 bits per heavy atom. The number of rotatable bonds is 2. The van der Waals surface area contributed by atoms with Crippen molar-refractivity contribution in [2.24, 2.45) is 0 Å². The first kappa shape index (κ1) is 11.7. The van der Waals surface area contributed by atoms with Crippen molar-refractivity contribution < 1.29 is 0 Å². The van der Waals surface area contributed by atoms with Crippen LogP contribution < -0.4 is 4.90 Å². The first-order valence-electron chi connectivity index (χ1n) is 6.53. The Bertz CT molecular complexity index is 763. The monoisotopic (exact) mass is 288 g/mol. The summed E-state index contributed by atoms with van der Waals surface area (Å²) in [6.07, 6.45) is 8.30. The summed E-state index contributed by atoms with van der Waals surface area (Å²) in [6, 6.07) is 0.487. The minimum atomic E-state index is 0.487. The summed E-state index contributed by atoms with van der Waals surface area (Å²) in [6.45, 7) is 3.19. The van der Waals surface area contributed by atoms with Gasteiger partial charge in [-0.05, 0) is 13.3 Å². The SMILES string of the molecule is C[C@H]1CCN1c1nc(-c2cn[nH]c2)cn2c(Cl)cnc12. The summed E-state index contributed by atoms with van der Waals surface area (Å²) in [7, 11) is 0. The van der Waals surface area contributed by atoms with Gasteiger partial charge in [0, 0.05) is 30.5 Å². The molecule has 1 saturated heterocycles. The molecule has 1 N–H and O–H groups in total. The fourth-order valence-corrected chi connectivity index (χ4v) is 2.67. The van der Waals surface area contributed by atoms with Gasteiger partial charge in [-0.2, -0.15) is 5.10 Å². The third kappa shape index (κ3) is 1.61. The lowest BCUT2D eigenvalue weighted by Crippen LogP contribution is -2.46. The molecular formula is C13H13ClN6. The number of nitrogens with one attached hydrogen (secondary N) is 1. The molecule has 7 heteroatoms. The number of halogens is 1. The van der Waals surface area contributed by atoms with E-state index in [4.69, 9.17) is 16.6 Å². The van der Waals surface area contributed by atoms with Crippen molar-refractivity contribution in [3.05, 3.63) is 29.9 Å². The number of aromatic amines is 1. The van der Waals surface area contributed by atoms with Crippen LogP contribution in [0.15, 0.2) is 24.8 Å². The first-order valence-corrected chi connectivity index (χ1v) is 6.91. The van der Waals surface area contributed by atoms with E-state index in [0.717, 1.165) is 29.3 Å². The van der Waals surface area contributed by atoms with E-state index >= 15 is 0 Å². The summed E-state index contributed by atoms with van der Waals surface area (Å²) in [5.41, 5.74) is 2.57. The number of hydrogen-bond donors (Lipinski definition) is 1. The van der Waals surface area contributed by atoms with Gasteiger partial charge in [0.25, 0.3) is 0 Å². The molecule has 0 aromatic carbocycles. The number of fused-ring (bicyclic) bond motifs is 1. The molecule has 1 atom stereocenters. The zero-order valence-electron chi connectivity index (χ0n) is 10.9. The smallest absolute Gasteiger partial charge is 0.181 e. The molecule has 0 bridgehead atoms. The number of imidazole rings is 1. The molecule has 1 fully saturated rings. The molecule has 4 heterocycles. The number of hydrogen-bond acceptors (Lipinski definition) is 4. The van der Waals surface area contributed by atoms with Crippen LogP contribution >= 0.6 is 11.6 Å². The molecule has 102 valence electrons. The third-order valence-electron chi connectivity index (χ3n) is 3.82. The molecule has 1 aliphatic heterocycles. The third-order valence-corrected chi connectivity index (χ3v) is 4.09. The van der Waals surface area contributed by atoms with Crippen molar-refractivity contribution in [3.8, 4) is 11.3 Å². The maximum Gasteiger partial charge on any atom is 0.181 e. The largest absolute Gasteiger partial charge is 0.351 e. The maximum atomic E-state index is 6.21. The van der Waals surface area contributed by atoms with Crippen LogP contribution in [0.1, 0.15) is 13.3 Å². The highest BCUT2D eigenvalue weighted by Crippen LogP contribution is 2.31. The maximum absolute atomic E-state index is 6.21. The second kappa shape index (κ2) is 4.21. The number of anilines is 1. The van der Waals surface area contributed by atoms with Crippen LogP contribution in [-0.2, 0) is 0 Å². The van der Waals surface area contributed by atoms with Crippen LogP contribution in [0.3, 0.4) is 0 Å². The molecule has 3 aromatic rings. The summed E-state index contributed by atoms with van der Waals surface area (Å²) in [4.78, 5) is 11.4. The second-order valence-corrected chi connectivity index (χ2v) is 5.43. The molecule has 20 heavy (non-hydrogen) atoms. The lowest BCUT2D eigenvalue weighted by atomic mass is 10.1. The second-order valence-electron chi connectivity index (χ2n) is 5.04. The van der Waals surface area contributed by atoms with Gasteiger partial charge in [-0.1, -0.05) is 11.6 Å². The Labute approximate surface area is 120 Å². The topological polar surface area (TPSA) is 62.1 Å². The molecule has 0 saturated carbocycles. The van der Waals surface area contributed by atoms with E-state index in [2.05, 4.69) is 27.0 Å². The van der Waals surface area contributed by atoms with E-state index < -0.39 is 0 Å². The van der Waals surface area contributed by atoms with E-state index in [1.165, 1.54) is 6.42 Å². The van der Waals surface area contributed by atoms with Crippen LogP contribution in [-0.4, -0.2) is 37.2 Å². The minimum Gasteiger partial charge on any atom is -0.351 e. The van der Waals surface area contributed by atoms with Gasteiger partial charge in [0.15, 0.2) is 11.5 Å². The Morgan fingerprint density at radius 2 is 2.30 bits per heavy atom. The fourth-order valence-electron chi connectivity index (χ4n) is 2.50. The van der Waals surface area contributed by atoms with Crippen LogP contribution in [0.5, 0.6) is 0 Å². The molecule has 0 unspecified atom stereocenters. The predicted molar refractivity (Wildman–Crippen MR) is 77.0 cm³/mol. The highest BCUT2D eigenvalue weighted by Gasteiger charge is 2.28. The Balaban J connectivity index is 1.96. The number of H-pyrrole nitrogens is 1. The van der Waals surface area contributed by atoms with Crippen molar-refractivity contribution in [3.63, 3.8) is 0 Å². The normalized spacial score (nSPS) is 18.5. The van der Waals surface area contributed by atoms with Gasteiger partial charge < -0.3 is 4.90 Å². The molecular weight excluding hydrogens is 276 g/mol. The summed E-state index contributed by atoms with van der Waals surface area (Å²) in [5.74, 6) is 0.884. The van der Waals surface area contributed by atoms with Gasteiger partial charge in [-0.15, -0.1) is 0 Å². The van der Waals surface area contributed by atoms with Gasteiger partial charge in [0.05, 0.1) is 18.1 Å². The predicted octanol–water partition coefficient (Wildman–Crippen LogP) is 2.37. The van der Waals surface area contributed by atoms with Crippen LogP contribution in [0.4, 0.5) is 5.82 Å². The minimum absolute atomic E-state index is 0.487. The van der Waals surface area contributed by atoms with Crippen molar-refractivity contribution in [1.29, 1.82) is 0 Å². The Morgan fingerprint density at radius 3 is 2.95 bits per heavy atom. The van der Waals surface area contributed by atoms with Gasteiger partial charge in [-0.3, -0.25) is 9.50 Å². The number of nitrogens with zero attached hydrogens (tertiary/aromatic N) is 5. The van der Waals surface area contributed by atoms with Crippen molar-refractivity contribution in [1.82, 2.24) is 24.6 Å². The standard InChI is InChI=1S/C13H13ClN6/c1-8-2-3-19(8)13-12-15-6-11(14)20(12)7-10(18-13)9-4-16-17-5-9/h4-8H,2-3H2,1H3,(H,16,17)/t8-/m0/s1. The first-order chi connectivity index (χ1) is 9.74. The Hall–Kier alpha value is -2.08. The van der Waals surface area contributed by atoms with Gasteiger partial charge in [0.2, 0.25) is 0 Å². The van der Waals surface area contributed by atoms with Crippen molar-refractivity contribution in [2.45, 2.75) is 19.4 Å². The molecule has 0 aliphatic carbocycles. The average Bonchev–Trinajstić information content (AvgIpc) is 3.07. The molecule has 3 aromatic heterocycles. The average molecular weight is 289 g/mol. The number of aromatic nitrogens is 5. The van der Waals surface area contributed by atoms with Crippen LogP contribution in [0.25, 0.3) is 16.9 Å². The molecule has 1 aliphatic rings. The molecule has 0 spiro atoms. The highest BCUT2D eigenvalue weighted by molar-refractivity contribution is 6.29. The summed E-state index contributed by atoms with van der Waals surface area (Å²) in [5, 5.41) is 7.37. The highest BCUT2D eigenvalue weighted by atomic mass is 35.5. The van der Waals surface area contributed by atoms with Crippen molar-refractivity contribution in [2.75, 3.05) is 11.4 Å². The molecule has 4 rings (SSSR count). The van der Waals surface area contributed by atoms with E-state index in [0.29, 0.717) is 11.2 Å². The van der Waals surface area contributed by atoms with Gasteiger partial charge in [0.1, 0.15) is 5.15 Å². The fraction of sp³-hybridized carbons (Fsp3) is 0.308. The summed E-state index contributed by atoms with van der Waals surface area (Å²) >= 11 is 6.21. The van der Waals surface area contributed by atoms with E-state index in [1.54, 1.807) is 12.4 Å². The van der Waals surface area contributed by atoms with Crippen molar-refractivity contribution >= 4 is 23.1 Å². The lowest BCUT2D eigenvalue weighted by molar-refractivity contribution is 0.477. The molecule has 6 nitrogen and oxygen atoms in total.